The van der Waals surface area contributed by atoms with E-state index in [0.717, 1.165) is 18.4 Å². The molecule has 2 fully saturated rings. The second-order valence-electron chi connectivity index (χ2n) is 5.42. The summed E-state index contributed by atoms with van der Waals surface area (Å²) in [6.45, 7) is 2.18. The van der Waals surface area contributed by atoms with Crippen molar-refractivity contribution in [1.29, 1.82) is 0 Å². The van der Waals surface area contributed by atoms with E-state index in [0.29, 0.717) is 6.61 Å². The Morgan fingerprint density at radius 3 is 2.42 bits per heavy atom. The summed E-state index contributed by atoms with van der Waals surface area (Å²) >= 11 is 0. The van der Waals surface area contributed by atoms with Crippen molar-refractivity contribution in [2.24, 2.45) is 17.8 Å². The molecule has 3 heteroatoms. The number of rotatable bonds is 5. The highest BCUT2D eigenvalue weighted by molar-refractivity contribution is 5.96. The van der Waals surface area contributed by atoms with E-state index in [2.05, 4.69) is 0 Å². The number of hydrogen-bond acceptors (Lipinski definition) is 3. The van der Waals surface area contributed by atoms with Gasteiger partial charge in [-0.05, 0) is 25.3 Å². The summed E-state index contributed by atoms with van der Waals surface area (Å²) in [7, 11) is 0. The number of Topliss-reactive ketones (excluding diaryl/α,β-unsaturated/α-hetero) is 1. The molecule has 2 saturated carbocycles. The molecule has 3 rings (SSSR count). The van der Waals surface area contributed by atoms with Crippen molar-refractivity contribution in [3.8, 4) is 0 Å². The Hall–Kier alpha value is -1.64. The fourth-order valence-electron chi connectivity index (χ4n) is 2.93. The van der Waals surface area contributed by atoms with Gasteiger partial charge in [-0.2, -0.15) is 0 Å². The summed E-state index contributed by atoms with van der Waals surface area (Å²) < 4.78 is 5.11. The molecule has 0 saturated heterocycles. The second-order valence-corrected chi connectivity index (χ2v) is 5.42. The number of hydrogen-bond donors (Lipinski definition) is 0. The van der Waals surface area contributed by atoms with Gasteiger partial charge in [0.25, 0.3) is 0 Å². The number of ketones is 1. The third-order valence-electron chi connectivity index (χ3n) is 4.07. The monoisotopic (exact) mass is 258 g/mol. The lowest BCUT2D eigenvalue weighted by Crippen LogP contribution is -2.12. The molecule has 2 aliphatic carbocycles. The predicted octanol–water partition coefficient (Wildman–Crippen LogP) is 2.56. The number of benzene rings is 1. The van der Waals surface area contributed by atoms with Gasteiger partial charge in [-0.25, -0.2) is 0 Å². The van der Waals surface area contributed by atoms with Gasteiger partial charge in [-0.3, -0.25) is 9.59 Å². The lowest BCUT2D eigenvalue weighted by atomic mass is 10.1. The van der Waals surface area contributed by atoms with Crippen molar-refractivity contribution in [1.82, 2.24) is 0 Å². The van der Waals surface area contributed by atoms with Gasteiger partial charge < -0.3 is 4.74 Å². The van der Waals surface area contributed by atoms with Crippen molar-refractivity contribution in [3.05, 3.63) is 35.9 Å². The summed E-state index contributed by atoms with van der Waals surface area (Å²) in [6.07, 6.45) is 1.98. The number of esters is 1. The number of ether oxygens (including phenoxy) is 1. The molecule has 3 atom stereocenters. The van der Waals surface area contributed by atoms with Gasteiger partial charge in [0.1, 0.15) is 5.78 Å². The van der Waals surface area contributed by atoms with Crippen LogP contribution in [0.15, 0.2) is 30.3 Å². The topological polar surface area (TPSA) is 43.4 Å². The fraction of sp³-hybridized carbons (Fsp3) is 0.500. The second kappa shape index (κ2) is 4.80. The van der Waals surface area contributed by atoms with E-state index in [1.54, 1.807) is 6.92 Å². The molecule has 3 nitrogen and oxygen atoms in total. The Balaban J connectivity index is 1.80. The van der Waals surface area contributed by atoms with E-state index in [1.165, 1.54) is 0 Å². The highest BCUT2D eigenvalue weighted by Crippen LogP contribution is 2.57. The van der Waals surface area contributed by atoms with E-state index < -0.39 is 0 Å². The van der Waals surface area contributed by atoms with Gasteiger partial charge in [-0.15, -0.1) is 0 Å². The van der Waals surface area contributed by atoms with E-state index in [1.807, 2.05) is 30.3 Å². The van der Waals surface area contributed by atoms with Crippen LogP contribution in [0.2, 0.25) is 0 Å². The SMILES string of the molecule is CCOC(=O)[C@H]1[C@@H](C(=O)C2CC2)[C@@H]1c1ccccc1. The van der Waals surface area contributed by atoms with Crippen LogP contribution in [0.25, 0.3) is 0 Å². The van der Waals surface area contributed by atoms with E-state index in [-0.39, 0.29) is 35.4 Å². The molecule has 100 valence electrons. The van der Waals surface area contributed by atoms with Crippen LogP contribution in [-0.2, 0) is 14.3 Å². The van der Waals surface area contributed by atoms with Crippen molar-refractivity contribution in [3.63, 3.8) is 0 Å². The Morgan fingerprint density at radius 1 is 1.16 bits per heavy atom. The summed E-state index contributed by atoms with van der Waals surface area (Å²) in [6, 6.07) is 9.85. The summed E-state index contributed by atoms with van der Waals surface area (Å²) in [4.78, 5) is 24.2. The first-order chi connectivity index (χ1) is 9.24. The van der Waals surface area contributed by atoms with Gasteiger partial charge >= 0.3 is 5.97 Å². The van der Waals surface area contributed by atoms with Crippen molar-refractivity contribution < 1.29 is 14.3 Å². The third-order valence-corrected chi connectivity index (χ3v) is 4.07. The lowest BCUT2D eigenvalue weighted by molar-refractivity contribution is -0.146. The molecule has 0 amide bonds. The van der Waals surface area contributed by atoms with Crippen molar-refractivity contribution >= 4 is 11.8 Å². The molecule has 0 unspecified atom stereocenters. The van der Waals surface area contributed by atoms with Crippen molar-refractivity contribution in [2.75, 3.05) is 6.61 Å². The summed E-state index contributed by atoms with van der Waals surface area (Å²) in [5.41, 5.74) is 1.08. The molecule has 19 heavy (non-hydrogen) atoms. The smallest absolute Gasteiger partial charge is 0.310 e. The van der Waals surface area contributed by atoms with Gasteiger partial charge in [0.05, 0.1) is 12.5 Å². The van der Waals surface area contributed by atoms with Gasteiger partial charge in [0.2, 0.25) is 0 Å². The summed E-state index contributed by atoms with van der Waals surface area (Å²) in [5.74, 6) is -0.101. The van der Waals surface area contributed by atoms with Crippen LogP contribution in [0.3, 0.4) is 0 Å². The van der Waals surface area contributed by atoms with E-state index in [9.17, 15) is 9.59 Å². The molecule has 0 heterocycles. The van der Waals surface area contributed by atoms with Crippen LogP contribution in [0.5, 0.6) is 0 Å². The van der Waals surface area contributed by atoms with Crippen LogP contribution in [0, 0.1) is 17.8 Å². The largest absolute Gasteiger partial charge is 0.466 e. The molecule has 1 aromatic rings. The average Bonchev–Trinajstić information content (AvgIpc) is 3.31. The Kier molecular flexibility index (Phi) is 3.13. The first-order valence-corrected chi connectivity index (χ1v) is 6.99. The normalized spacial score (nSPS) is 28.8. The maximum atomic E-state index is 12.3. The zero-order valence-corrected chi connectivity index (χ0v) is 11.0. The number of carbonyl (C=O) groups is 2. The van der Waals surface area contributed by atoms with E-state index >= 15 is 0 Å². The van der Waals surface area contributed by atoms with Gasteiger partial charge in [0, 0.05) is 17.8 Å². The standard InChI is InChI=1S/C16H18O3/c1-2-19-16(18)14-12(10-6-4-3-5-7-10)13(14)15(17)11-8-9-11/h3-7,11-14H,2,8-9H2,1H3/t12-,13-,14+/m0/s1. The van der Waals surface area contributed by atoms with Crippen molar-refractivity contribution in [2.45, 2.75) is 25.7 Å². The molecule has 0 radical (unpaired) electrons. The summed E-state index contributed by atoms with van der Waals surface area (Å²) in [5, 5.41) is 0. The van der Waals surface area contributed by atoms with Crippen LogP contribution < -0.4 is 0 Å². The maximum Gasteiger partial charge on any atom is 0.310 e. The fourth-order valence-corrected chi connectivity index (χ4v) is 2.93. The Labute approximate surface area is 113 Å². The van der Waals surface area contributed by atoms with Gasteiger partial charge in [-0.1, -0.05) is 30.3 Å². The van der Waals surface area contributed by atoms with Crippen LogP contribution in [0.4, 0.5) is 0 Å². The molecular weight excluding hydrogens is 240 g/mol. The van der Waals surface area contributed by atoms with Crippen LogP contribution >= 0.6 is 0 Å². The minimum absolute atomic E-state index is 0.0355. The molecule has 2 aliphatic rings. The Bertz CT molecular complexity index is 490. The van der Waals surface area contributed by atoms with Crippen LogP contribution in [0.1, 0.15) is 31.2 Å². The highest BCUT2D eigenvalue weighted by Gasteiger charge is 2.61. The maximum absolute atomic E-state index is 12.3. The Morgan fingerprint density at radius 2 is 1.84 bits per heavy atom. The molecule has 0 aromatic heterocycles. The first kappa shape index (κ1) is 12.4. The average molecular weight is 258 g/mol. The minimum Gasteiger partial charge on any atom is -0.466 e. The van der Waals surface area contributed by atoms with E-state index in [4.69, 9.17) is 4.74 Å². The lowest BCUT2D eigenvalue weighted by Gasteiger charge is -2.00. The predicted molar refractivity (Wildman–Crippen MR) is 70.5 cm³/mol. The first-order valence-electron chi connectivity index (χ1n) is 6.99. The van der Waals surface area contributed by atoms with Crippen LogP contribution in [-0.4, -0.2) is 18.4 Å². The zero-order valence-electron chi connectivity index (χ0n) is 11.0. The highest BCUT2D eigenvalue weighted by atomic mass is 16.5. The quantitative estimate of drug-likeness (QED) is 0.762. The zero-order chi connectivity index (χ0) is 13.4. The molecule has 0 spiro atoms. The molecule has 0 bridgehead atoms. The minimum atomic E-state index is -0.254. The van der Waals surface area contributed by atoms with Gasteiger partial charge in [0.15, 0.2) is 0 Å². The molecule has 1 aromatic carbocycles. The molecule has 0 N–H and O–H groups in total. The number of carbonyl (C=O) groups excluding carboxylic acids is 2. The third kappa shape index (κ3) is 2.29. The molecule has 0 aliphatic heterocycles. The molecular formula is C16H18O3.